The third-order valence-corrected chi connectivity index (χ3v) is 4.51. The van der Waals surface area contributed by atoms with Gasteiger partial charge in [0.2, 0.25) is 11.8 Å². The maximum atomic E-state index is 12.3. The summed E-state index contributed by atoms with van der Waals surface area (Å²) in [7, 11) is 1.60. The van der Waals surface area contributed by atoms with Crippen molar-refractivity contribution in [3.8, 4) is 0 Å². The Bertz CT molecular complexity index is 355. The van der Waals surface area contributed by atoms with E-state index in [0.717, 1.165) is 19.4 Å². The first-order valence-corrected chi connectivity index (χ1v) is 8.11. The van der Waals surface area contributed by atoms with Crippen LogP contribution in [0, 0.1) is 5.41 Å². The molecule has 0 radical (unpaired) electrons. The second-order valence-electron chi connectivity index (χ2n) is 6.55. The van der Waals surface area contributed by atoms with Crippen molar-refractivity contribution in [2.75, 3.05) is 20.1 Å². The van der Waals surface area contributed by atoms with Gasteiger partial charge in [-0.15, -0.1) is 0 Å². The zero-order chi connectivity index (χ0) is 16.0. The molecule has 21 heavy (non-hydrogen) atoms. The number of amides is 2. The molecular formula is C16H31N3O2. The zero-order valence-electron chi connectivity index (χ0n) is 14.2. The Hall–Kier alpha value is -1.10. The largest absolute Gasteiger partial charge is 0.358 e. The summed E-state index contributed by atoms with van der Waals surface area (Å²) < 4.78 is 0. The number of carbonyl (C=O) groups excluding carboxylic acids is 2. The molecule has 5 nitrogen and oxygen atoms in total. The van der Waals surface area contributed by atoms with Crippen LogP contribution in [0.4, 0.5) is 0 Å². The smallest absolute Gasteiger partial charge is 0.235 e. The molecule has 0 atom stereocenters. The van der Waals surface area contributed by atoms with Crippen LogP contribution in [-0.2, 0) is 9.59 Å². The Morgan fingerprint density at radius 3 is 2.05 bits per heavy atom. The predicted molar refractivity (Wildman–Crippen MR) is 85.0 cm³/mol. The fourth-order valence-corrected chi connectivity index (χ4v) is 3.07. The molecule has 2 N–H and O–H groups in total. The second kappa shape index (κ2) is 7.78. The number of hydrogen-bond donors (Lipinski definition) is 2. The van der Waals surface area contributed by atoms with Crippen LogP contribution in [-0.4, -0.2) is 48.9 Å². The molecule has 0 aromatic carbocycles. The van der Waals surface area contributed by atoms with E-state index in [1.807, 2.05) is 0 Å². The predicted octanol–water partition coefficient (Wildman–Crippen LogP) is 1.53. The summed E-state index contributed by atoms with van der Waals surface area (Å²) in [5.74, 6) is -0.244. The van der Waals surface area contributed by atoms with Gasteiger partial charge in [-0.3, -0.25) is 14.5 Å². The minimum atomic E-state index is -0.801. The van der Waals surface area contributed by atoms with Crippen molar-refractivity contribution >= 4 is 11.8 Å². The molecule has 1 fully saturated rings. The topological polar surface area (TPSA) is 61.4 Å². The Kier molecular flexibility index (Phi) is 6.65. The molecule has 1 saturated carbocycles. The highest BCUT2D eigenvalue weighted by Gasteiger charge is 2.50. The summed E-state index contributed by atoms with van der Waals surface area (Å²) in [4.78, 5) is 26.6. The van der Waals surface area contributed by atoms with Gasteiger partial charge in [0.1, 0.15) is 5.41 Å². The molecule has 0 aromatic heterocycles. The maximum absolute atomic E-state index is 12.3. The summed E-state index contributed by atoms with van der Waals surface area (Å²) >= 11 is 0. The van der Waals surface area contributed by atoms with E-state index in [9.17, 15) is 9.59 Å². The van der Waals surface area contributed by atoms with Gasteiger partial charge in [-0.2, -0.15) is 0 Å². The molecule has 0 saturated heterocycles. The van der Waals surface area contributed by atoms with Crippen molar-refractivity contribution in [2.24, 2.45) is 5.41 Å². The lowest BCUT2D eigenvalue weighted by Gasteiger charge is -2.38. The van der Waals surface area contributed by atoms with Gasteiger partial charge in [0.25, 0.3) is 0 Å². The average Bonchev–Trinajstić information content (AvgIpc) is 2.35. The molecule has 0 heterocycles. The lowest BCUT2D eigenvalue weighted by atomic mass is 9.67. The molecule has 0 aliphatic heterocycles. The van der Waals surface area contributed by atoms with Gasteiger partial charge >= 0.3 is 0 Å². The van der Waals surface area contributed by atoms with Crippen LogP contribution >= 0.6 is 0 Å². The van der Waals surface area contributed by atoms with E-state index in [1.165, 1.54) is 0 Å². The van der Waals surface area contributed by atoms with Crippen LogP contribution < -0.4 is 10.6 Å². The number of nitrogens with one attached hydrogen (secondary N) is 2. The third-order valence-electron chi connectivity index (χ3n) is 4.51. The SMILES string of the molecule is CNC(=O)C1(C(=O)NCCCN(C(C)C)C(C)C)CCC1. The molecule has 0 aromatic rings. The molecular weight excluding hydrogens is 266 g/mol. The quantitative estimate of drug-likeness (QED) is 0.527. The van der Waals surface area contributed by atoms with Gasteiger partial charge in [0, 0.05) is 32.2 Å². The number of nitrogens with zero attached hydrogens (tertiary/aromatic N) is 1. The van der Waals surface area contributed by atoms with Crippen LogP contribution in [0.3, 0.4) is 0 Å². The van der Waals surface area contributed by atoms with Crippen LogP contribution in [0.1, 0.15) is 53.4 Å². The summed E-state index contributed by atoms with van der Waals surface area (Å²) in [6.45, 7) is 10.3. The molecule has 0 spiro atoms. The van der Waals surface area contributed by atoms with Gasteiger partial charge in [-0.05, 0) is 47.0 Å². The van der Waals surface area contributed by atoms with Gasteiger partial charge in [0.15, 0.2) is 0 Å². The van der Waals surface area contributed by atoms with Crippen molar-refractivity contribution < 1.29 is 9.59 Å². The van der Waals surface area contributed by atoms with E-state index in [0.29, 0.717) is 31.5 Å². The van der Waals surface area contributed by atoms with Gasteiger partial charge in [0.05, 0.1) is 0 Å². The Balaban J connectivity index is 2.38. The van der Waals surface area contributed by atoms with Crippen molar-refractivity contribution in [1.82, 2.24) is 15.5 Å². The summed E-state index contributed by atoms with van der Waals surface area (Å²) in [5, 5.41) is 5.57. The van der Waals surface area contributed by atoms with E-state index in [1.54, 1.807) is 7.05 Å². The normalized spacial score (nSPS) is 17.0. The summed E-state index contributed by atoms with van der Waals surface area (Å²) in [5.41, 5.74) is -0.801. The number of hydrogen-bond acceptors (Lipinski definition) is 3. The molecule has 2 amide bonds. The van der Waals surface area contributed by atoms with E-state index < -0.39 is 5.41 Å². The van der Waals surface area contributed by atoms with Crippen LogP contribution in [0.25, 0.3) is 0 Å². The molecule has 0 bridgehead atoms. The first kappa shape index (κ1) is 18.0. The molecule has 122 valence electrons. The van der Waals surface area contributed by atoms with Gasteiger partial charge in [-0.25, -0.2) is 0 Å². The average molecular weight is 297 g/mol. The lowest BCUT2D eigenvalue weighted by molar-refractivity contribution is -0.149. The minimum absolute atomic E-state index is 0.103. The zero-order valence-corrected chi connectivity index (χ0v) is 14.2. The monoisotopic (exact) mass is 297 g/mol. The molecule has 1 aliphatic carbocycles. The number of rotatable bonds is 8. The summed E-state index contributed by atoms with van der Waals surface area (Å²) in [6.07, 6.45) is 3.20. The van der Waals surface area contributed by atoms with Crippen LogP contribution in [0.5, 0.6) is 0 Å². The van der Waals surface area contributed by atoms with E-state index in [-0.39, 0.29) is 11.8 Å². The van der Waals surface area contributed by atoms with Gasteiger partial charge < -0.3 is 10.6 Å². The first-order chi connectivity index (χ1) is 9.85. The summed E-state index contributed by atoms with van der Waals surface area (Å²) in [6, 6.07) is 1.01. The van der Waals surface area contributed by atoms with E-state index in [4.69, 9.17) is 0 Å². The Morgan fingerprint density at radius 1 is 1.10 bits per heavy atom. The number of carbonyl (C=O) groups is 2. The fourth-order valence-electron chi connectivity index (χ4n) is 3.07. The van der Waals surface area contributed by atoms with Crippen molar-refractivity contribution in [3.05, 3.63) is 0 Å². The highest BCUT2D eigenvalue weighted by atomic mass is 16.2. The van der Waals surface area contributed by atoms with E-state index in [2.05, 4.69) is 43.2 Å². The van der Waals surface area contributed by atoms with Crippen molar-refractivity contribution in [3.63, 3.8) is 0 Å². The molecule has 1 aliphatic rings. The lowest BCUT2D eigenvalue weighted by Crippen LogP contribution is -2.55. The van der Waals surface area contributed by atoms with Crippen molar-refractivity contribution in [1.29, 1.82) is 0 Å². The third kappa shape index (κ3) is 4.19. The molecule has 5 heteroatoms. The van der Waals surface area contributed by atoms with Crippen LogP contribution in [0.15, 0.2) is 0 Å². The maximum Gasteiger partial charge on any atom is 0.235 e. The second-order valence-corrected chi connectivity index (χ2v) is 6.55. The molecule has 1 rings (SSSR count). The molecule has 0 unspecified atom stereocenters. The van der Waals surface area contributed by atoms with Gasteiger partial charge in [-0.1, -0.05) is 6.42 Å². The van der Waals surface area contributed by atoms with Crippen LogP contribution in [0.2, 0.25) is 0 Å². The Labute approximate surface area is 128 Å². The minimum Gasteiger partial charge on any atom is -0.358 e. The van der Waals surface area contributed by atoms with Crippen molar-refractivity contribution in [2.45, 2.75) is 65.5 Å². The standard InChI is InChI=1S/C16H31N3O2/c1-12(2)19(13(3)4)11-7-10-18-15(21)16(8-6-9-16)14(20)17-5/h12-13H,6-11H2,1-5H3,(H,17,20)(H,18,21). The Morgan fingerprint density at radius 2 is 1.67 bits per heavy atom. The highest BCUT2D eigenvalue weighted by molar-refractivity contribution is 6.05. The highest BCUT2D eigenvalue weighted by Crippen LogP contribution is 2.41. The fraction of sp³-hybridized carbons (Fsp3) is 0.875. The first-order valence-electron chi connectivity index (χ1n) is 8.11. The van der Waals surface area contributed by atoms with E-state index >= 15 is 0 Å².